The molecule has 1 N–H and O–H groups in total. The highest BCUT2D eigenvalue weighted by atomic mass is 79.9. The highest BCUT2D eigenvalue weighted by Crippen LogP contribution is 2.22. The molecule has 3 heteroatoms. The fourth-order valence-corrected chi connectivity index (χ4v) is 2.26. The molecule has 1 unspecified atom stereocenters. The molecule has 1 rings (SSSR count). The molecule has 0 aromatic heterocycles. The van der Waals surface area contributed by atoms with Crippen molar-refractivity contribution in [2.24, 2.45) is 11.8 Å². The third kappa shape index (κ3) is 4.76. The molecule has 17 heavy (non-hydrogen) atoms. The zero-order chi connectivity index (χ0) is 12.8. The molecule has 0 aliphatic heterocycles. The molecule has 0 fully saturated rings. The average Bonchev–Trinajstić information content (AvgIpc) is 2.28. The van der Waals surface area contributed by atoms with Crippen LogP contribution in [0.2, 0.25) is 0 Å². The van der Waals surface area contributed by atoms with E-state index in [1.807, 2.05) is 6.07 Å². The summed E-state index contributed by atoms with van der Waals surface area (Å²) in [5, 5.41) is 3.35. The van der Waals surface area contributed by atoms with Crippen molar-refractivity contribution < 1.29 is 4.39 Å². The minimum Gasteiger partial charge on any atom is -0.317 e. The van der Waals surface area contributed by atoms with Crippen molar-refractivity contribution in [2.45, 2.75) is 27.2 Å². The second-order valence-corrected chi connectivity index (χ2v) is 5.67. The Balaban J connectivity index is 2.74. The molecule has 0 aliphatic rings. The van der Waals surface area contributed by atoms with Crippen molar-refractivity contribution in [1.29, 1.82) is 0 Å². The Morgan fingerprint density at radius 3 is 2.65 bits per heavy atom. The van der Waals surface area contributed by atoms with Gasteiger partial charge in [-0.15, -0.1) is 0 Å². The molecule has 0 spiro atoms. The topological polar surface area (TPSA) is 12.0 Å². The lowest BCUT2D eigenvalue weighted by molar-refractivity contribution is 0.359. The van der Waals surface area contributed by atoms with Crippen LogP contribution in [0, 0.1) is 17.7 Å². The lowest BCUT2D eigenvalue weighted by Gasteiger charge is -2.21. The lowest BCUT2D eigenvalue weighted by Crippen LogP contribution is -2.27. The Bertz CT molecular complexity index is 352. The molecule has 0 heterocycles. The average molecular weight is 302 g/mol. The van der Waals surface area contributed by atoms with Gasteiger partial charge in [0.05, 0.1) is 0 Å². The molecule has 96 valence electrons. The van der Waals surface area contributed by atoms with Crippen LogP contribution < -0.4 is 5.32 Å². The molecule has 0 amide bonds. The molecule has 1 aromatic rings. The van der Waals surface area contributed by atoms with E-state index in [2.05, 4.69) is 42.0 Å². The summed E-state index contributed by atoms with van der Waals surface area (Å²) in [5.74, 6) is 0.918. The molecular formula is C14H21BrFN. The third-order valence-electron chi connectivity index (χ3n) is 3.09. The molecule has 1 atom stereocenters. The first-order valence-electron chi connectivity index (χ1n) is 6.19. The van der Waals surface area contributed by atoms with E-state index in [1.165, 1.54) is 6.07 Å². The van der Waals surface area contributed by atoms with Crippen LogP contribution in [0.15, 0.2) is 22.7 Å². The van der Waals surface area contributed by atoms with Gasteiger partial charge in [-0.3, -0.25) is 0 Å². The van der Waals surface area contributed by atoms with Gasteiger partial charge in [0.25, 0.3) is 0 Å². The predicted molar refractivity (Wildman–Crippen MR) is 74.7 cm³/mol. The summed E-state index contributed by atoms with van der Waals surface area (Å²) in [5.41, 5.74) is 0.802. The monoisotopic (exact) mass is 301 g/mol. The largest absolute Gasteiger partial charge is 0.317 e. The minimum absolute atomic E-state index is 0.102. The molecule has 0 radical (unpaired) electrons. The first-order valence-corrected chi connectivity index (χ1v) is 6.98. The molecular weight excluding hydrogens is 281 g/mol. The van der Waals surface area contributed by atoms with Crippen LogP contribution in [0.3, 0.4) is 0 Å². The fraction of sp³-hybridized carbons (Fsp3) is 0.571. The molecule has 0 saturated carbocycles. The van der Waals surface area contributed by atoms with Gasteiger partial charge in [-0.2, -0.15) is 0 Å². The Morgan fingerprint density at radius 2 is 2.06 bits per heavy atom. The van der Waals surface area contributed by atoms with Gasteiger partial charge in [0.2, 0.25) is 0 Å². The summed E-state index contributed by atoms with van der Waals surface area (Å²) in [6.45, 7) is 8.39. The van der Waals surface area contributed by atoms with Gasteiger partial charge in [0, 0.05) is 4.47 Å². The van der Waals surface area contributed by atoms with E-state index >= 15 is 0 Å². The van der Waals surface area contributed by atoms with Gasteiger partial charge in [0.1, 0.15) is 5.82 Å². The number of hydrogen-bond acceptors (Lipinski definition) is 1. The SMILES string of the molecule is CCNCC(Cc1cc(Br)ccc1F)C(C)C. The first-order chi connectivity index (χ1) is 8.04. The fourth-order valence-electron chi connectivity index (χ4n) is 1.86. The number of halogens is 2. The van der Waals surface area contributed by atoms with Crippen molar-refractivity contribution in [3.63, 3.8) is 0 Å². The van der Waals surface area contributed by atoms with Crippen LogP contribution in [-0.4, -0.2) is 13.1 Å². The maximum absolute atomic E-state index is 13.7. The van der Waals surface area contributed by atoms with E-state index in [-0.39, 0.29) is 5.82 Å². The Kier molecular flexibility index (Phi) is 6.14. The maximum Gasteiger partial charge on any atom is 0.126 e. The van der Waals surface area contributed by atoms with Gasteiger partial charge >= 0.3 is 0 Å². The normalized spacial score (nSPS) is 13.1. The number of rotatable bonds is 6. The lowest BCUT2D eigenvalue weighted by atomic mass is 9.89. The van der Waals surface area contributed by atoms with E-state index in [9.17, 15) is 4.39 Å². The zero-order valence-corrected chi connectivity index (χ0v) is 12.3. The summed E-state index contributed by atoms with van der Waals surface area (Å²) in [6.07, 6.45) is 0.788. The predicted octanol–water partition coefficient (Wildman–Crippen LogP) is 4.01. The number of hydrogen-bond donors (Lipinski definition) is 1. The highest BCUT2D eigenvalue weighted by molar-refractivity contribution is 9.10. The molecule has 1 aromatic carbocycles. The Labute approximate surface area is 112 Å². The van der Waals surface area contributed by atoms with Gasteiger partial charge in [0.15, 0.2) is 0 Å². The van der Waals surface area contributed by atoms with Gasteiger partial charge in [-0.25, -0.2) is 4.39 Å². The van der Waals surface area contributed by atoms with Crippen LogP contribution in [0.25, 0.3) is 0 Å². The van der Waals surface area contributed by atoms with E-state index in [0.29, 0.717) is 11.8 Å². The first kappa shape index (κ1) is 14.7. The second-order valence-electron chi connectivity index (χ2n) is 4.75. The summed E-state index contributed by atoms with van der Waals surface area (Å²) in [4.78, 5) is 0. The molecule has 0 bridgehead atoms. The van der Waals surface area contributed by atoms with E-state index in [0.717, 1.165) is 29.5 Å². The van der Waals surface area contributed by atoms with E-state index in [4.69, 9.17) is 0 Å². The van der Waals surface area contributed by atoms with Gasteiger partial charge in [-0.05, 0) is 55.1 Å². The second kappa shape index (κ2) is 7.12. The van der Waals surface area contributed by atoms with Crippen LogP contribution >= 0.6 is 15.9 Å². The van der Waals surface area contributed by atoms with Crippen molar-refractivity contribution in [1.82, 2.24) is 5.32 Å². The van der Waals surface area contributed by atoms with Gasteiger partial charge < -0.3 is 5.32 Å². The van der Waals surface area contributed by atoms with Crippen LogP contribution in [0.4, 0.5) is 4.39 Å². The summed E-state index contributed by atoms with van der Waals surface area (Å²) in [6, 6.07) is 5.16. The van der Waals surface area contributed by atoms with Crippen molar-refractivity contribution >= 4 is 15.9 Å². The van der Waals surface area contributed by atoms with Crippen LogP contribution in [0.1, 0.15) is 26.3 Å². The number of nitrogens with one attached hydrogen (secondary N) is 1. The molecule has 1 nitrogen and oxygen atoms in total. The maximum atomic E-state index is 13.7. The Hall–Kier alpha value is -0.410. The van der Waals surface area contributed by atoms with E-state index in [1.54, 1.807) is 6.07 Å². The zero-order valence-electron chi connectivity index (χ0n) is 10.8. The van der Waals surface area contributed by atoms with E-state index < -0.39 is 0 Å². The minimum atomic E-state index is -0.102. The molecule has 0 saturated heterocycles. The van der Waals surface area contributed by atoms with Crippen molar-refractivity contribution in [2.75, 3.05) is 13.1 Å². The smallest absolute Gasteiger partial charge is 0.126 e. The molecule has 0 aliphatic carbocycles. The van der Waals surface area contributed by atoms with Crippen LogP contribution in [-0.2, 0) is 6.42 Å². The summed E-state index contributed by atoms with van der Waals surface area (Å²) in [7, 11) is 0. The van der Waals surface area contributed by atoms with Crippen LogP contribution in [0.5, 0.6) is 0 Å². The number of benzene rings is 1. The third-order valence-corrected chi connectivity index (χ3v) is 3.58. The highest BCUT2D eigenvalue weighted by Gasteiger charge is 2.15. The Morgan fingerprint density at radius 1 is 1.35 bits per heavy atom. The van der Waals surface area contributed by atoms with Crippen molar-refractivity contribution in [3.05, 3.63) is 34.1 Å². The quantitative estimate of drug-likeness (QED) is 0.837. The van der Waals surface area contributed by atoms with Gasteiger partial charge in [-0.1, -0.05) is 36.7 Å². The standard InChI is InChI=1S/C14H21BrFN/c1-4-17-9-12(10(2)3)7-11-8-13(15)5-6-14(11)16/h5-6,8,10,12,17H,4,7,9H2,1-3H3. The summed E-state index contributed by atoms with van der Waals surface area (Å²) >= 11 is 3.39. The van der Waals surface area contributed by atoms with Crippen molar-refractivity contribution in [3.8, 4) is 0 Å². The summed E-state index contributed by atoms with van der Waals surface area (Å²) < 4.78 is 14.6.